The lowest BCUT2D eigenvalue weighted by Gasteiger charge is -2.10. The lowest BCUT2D eigenvalue weighted by molar-refractivity contribution is 0.583. The quantitative estimate of drug-likeness (QED) is 0.508. The molecule has 0 fully saturated rings. The maximum Gasteiger partial charge on any atom is 0.213 e. The summed E-state index contributed by atoms with van der Waals surface area (Å²) >= 11 is 0. The van der Waals surface area contributed by atoms with Crippen molar-refractivity contribution in [3.8, 4) is 22.9 Å². The van der Waals surface area contributed by atoms with Gasteiger partial charge in [-0.15, -0.1) is 0 Å². The fourth-order valence-electron chi connectivity index (χ4n) is 3.23. The van der Waals surface area contributed by atoms with Crippen LogP contribution < -0.4 is 0 Å². The Morgan fingerprint density at radius 2 is 1.81 bits per heavy atom. The first-order valence-corrected chi connectivity index (χ1v) is 8.79. The molecule has 0 saturated heterocycles. The molecule has 4 aromatic heterocycles. The number of rotatable bonds is 5. The summed E-state index contributed by atoms with van der Waals surface area (Å²) in [5.41, 5.74) is 3.28. The Kier molecular flexibility index (Phi) is 4.50. The average molecular weight is 362 g/mol. The van der Waals surface area contributed by atoms with E-state index < -0.39 is 5.95 Å². The summed E-state index contributed by atoms with van der Waals surface area (Å²) in [5, 5.41) is 0. The van der Waals surface area contributed by atoms with E-state index in [4.69, 9.17) is 4.98 Å². The monoisotopic (exact) mass is 362 g/mol. The minimum Gasteiger partial charge on any atom is -0.330 e. The van der Waals surface area contributed by atoms with Crippen molar-refractivity contribution < 1.29 is 4.39 Å². The van der Waals surface area contributed by atoms with Gasteiger partial charge in [-0.1, -0.05) is 12.1 Å². The Labute approximate surface area is 156 Å². The van der Waals surface area contributed by atoms with Crippen LogP contribution >= 0.6 is 0 Å². The minimum absolute atomic E-state index is 0.497. The van der Waals surface area contributed by atoms with Crippen LogP contribution in [0.4, 0.5) is 4.39 Å². The first-order chi connectivity index (χ1) is 13.2. The van der Waals surface area contributed by atoms with E-state index in [-0.39, 0.29) is 0 Å². The molecule has 0 N–H and O–H groups in total. The lowest BCUT2D eigenvalue weighted by atomic mass is 10.2. The van der Waals surface area contributed by atoms with Crippen LogP contribution in [0.1, 0.15) is 18.4 Å². The normalized spacial score (nSPS) is 11.1. The molecule has 27 heavy (non-hydrogen) atoms. The molecule has 136 valence electrons. The van der Waals surface area contributed by atoms with Crippen molar-refractivity contribution in [3.63, 3.8) is 0 Å². The van der Waals surface area contributed by atoms with Crippen molar-refractivity contribution in [3.05, 3.63) is 72.5 Å². The number of halogens is 1. The number of nitrogens with zero attached hydrogens (tertiary/aromatic N) is 6. The van der Waals surface area contributed by atoms with Crippen LogP contribution in [0.25, 0.3) is 22.9 Å². The molecule has 0 radical (unpaired) electrons. The van der Waals surface area contributed by atoms with Crippen LogP contribution in [-0.2, 0) is 13.1 Å². The highest BCUT2D eigenvalue weighted by molar-refractivity contribution is 5.57. The number of pyridine rings is 2. The fraction of sp³-hybridized carbons (Fsp3) is 0.200. The molecule has 7 heteroatoms. The molecular weight excluding hydrogens is 343 g/mol. The second-order valence-corrected chi connectivity index (χ2v) is 6.15. The molecule has 0 atom stereocenters. The standard InChI is InChI=1S/C20H19FN6/c1-3-27-14(2)19(15-7-4-5-10-22-15)25-18(27)13-26-12-11-23-20(26)16-8-6-9-17(21)24-16/h4-12H,3,13H2,1-2H3. The topological polar surface area (TPSA) is 61.4 Å². The molecule has 4 aromatic rings. The van der Waals surface area contributed by atoms with Crippen molar-refractivity contribution in [2.45, 2.75) is 26.9 Å². The molecule has 6 nitrogen and oxygen atoms in total. The first-order valence-electron chi connectivity index (χ1n) is 8.79. The van der Waals surface area contributed by atoms with Crippen molar-refractivity contribution in [2.24, 2.45) is 0 Å². The lowest BCUT2D eigenvalue weighted by Crippen LogP contribution is -2.10. The van der Waals surface area contributed by atoms with Gasteiger partial charge in [0.05, 0.1) is 12.2 Å². The fourth-order valence-corrected chi connectivity index (χ4v) is 3.23. The molecule has 0 aliphatic rings. The van der Waals surface area contributed by atoms with Crippen molar-refractivity contribution in [1.82, 2.24) is 29.1 Å². The highest BCUT2D eigenvalue weighted by Gasteiger charge is 2.17. The molecular formula is C20H19FN6. The maximum atomic E-state index is 13.5. The number of hydrogen-bond donors (Lipinski definition) is 0. The van der Waals surface area contributed by atoms with Crippen LogP contribution in [0, 0.1) is 12.9 Å². The third-order valence-corrected chi connectivity index (χ3v) is 4.50. The summed E-state index contributed by atoms with van der Waals surface area (Å²) in [4.78, 5) is 17.6. The van der Waals surface area contributed by atoms with Crippen molar-refractivity contribution in [2.75, 3.05) is 0 Å². The predicted octanol–water partition coefficient (Wildman–Crippen LogP) is 3.72. The van der Waals surface area contributed by atoms with Gasteiger partial charge in [-0.3, -0.25) is 4.98 Å². The Balaban J connectivity index is 1.73. The third kappa shape index (κ3) is 3.23. The van der Waals surface area contributed by atoms with E-state index in [1.54, 1.807) is 24.5 Å². The summed E-state index contributed by atoms with van der Waals surface area (Å²) in [6.45, 7) is 5.44. The van der Waals surface area contributed by atoms with Gasteiger partial charge < -0.3 is 9.13 Å². The predicted molar refractivity (Wildman–Crippen MR) is 100 cm³/mol. The van der Waals surface area contributed by atoms with Crippen LogP contribution in [0.5, 0.6) is 0 Å². The van der Waals surface area contributed by atoms with Gasteiger partial charge in [0.15, 0.2) is 5.82 Å². The van der Waals surface area contributed by atoms with E-state index in [0.717, 1.165) is 29.5 Å². The molecule has 4 rings (SSSR count). The van der Waals surface area contributed by atoms with E-state index in [1.807, 2.05) is 35.9 Å². The molecule has 0 aromatic carbocycles. The van der Waals surface area contributed by atoms with Gasteiger partial charge in [-0.05, 0) is 38.1 Å². The van der Waals surface area contributed by atoms with Gasteiger partial charge >= 0.3 is 0 Å². The summed E-state index contributed by atoms with van der Waals surface area (Å²) in [6, 6.07) is 10.5. The van der Waals surface area contributed by atoms with Crippen molar-refractivity contribution in [1.29, 1.82) is 0 Å². The van der Waals surface area contributed by atoms with Crippen LogP contribution in [-0.4, -0.2) is 29.1 Å². The molecule has 0 amide bonds. The zero-order valence-electron chi connectivity index (χ0n) is 15.2. The summed E-state index contributed by atoms with van der Waals surface area (Å²) in [5.74, 6) is 0.980. The Bertz CT molecular complexity index is 1070. The molecule has 0 bridgehead atoms. The van der Waals surface area contributed by atoms with Crippen LogP contribution in [0.15, 0.2) is 55.0 Å². The van der Waals surface area contributed by atoms with E-state index in [2.05, 4.69) is 26.4 Å². The molecule has 0 spiro atoms. The van der Waals surface area contributed by atoms with Crippen LogP contribution in [0.3, 0.4) is 0 Å². The summed E-state index contributed by atoms with van der Waals surface area (Å²) < 4.78 is 17.6. The van der Waals surface area contributed by atoms with Gasteiger partial charge in [-0.25, -0.2) is 15.0 Å². The molecule has 0 saturated carbocycles. The summed E-state index contributed by atoms with van der Waals surface area (Å²) in [6.07, 6.45) is 5.31. The second kappa shape index (κ2) is 7.11. The third-order valence-electron chi connectivity index (χ3n) is 4.50. The zero-order valence-corrected chi connectivity index (χ0v) is 15.2. The average Bonchev–Trinajstić information content (AvgIpc) is 3.27. The number of hydrogen-bond acceptors (Lipinski definition) is 4. The van der Waals surface area contributed by atoms with Crippen LogP contribution in [0.2, 0.25) is 0 Å². The maximum absolute atomic E-state index is 13.5. The SMILES string of the molecule is CCn1c(Cn2ccnc2-c2cccc(F)n2)nc(-c2ccccn2)c1C. The van der Waals surface area contributed by atoms with Gasteiger partial charge in [-0.2, -0.15) is 4.39 Å². The molecule has 0 aliphatic heterocycles. The van der Waals surface area contributed by atoms with Crippen molar-refractivity contribution >= 4 is 0 Å². The summed E-state index contributed by atoms with van der Waals surface area (Å²) in [7, 11) is 0. The molecule has 4 heterocycles. The van der Waals surface area contributed by atoms with Gasteiger partial charge in [0.25, 0.3) is 0 Å². The van der Waals surface area contributed by atoms with E-state index >= 15 is 0 Å². The largest absolute Gasteiger partial charge is 0.330 e. The van der Waals surface area contributed by atoms with E-state index in [9.17, 15) is 4.39 Å². The Morgan fingerprint density at radius 1 is 0.963 bits per heavy atom. The smallest absolute Gasteiger partial charge is 0.213 e. The van der Waals surface area contributed by atoms with E-state index in [1.165, 1.54) is 6.07 Å². The Hall–Kier alpha value is -3.35. The Morgan fingerprint density at radius 3 is 2.56 bits per heavy atom. The second-order valence-electron chi connectivity index (χ2n) is 6.15. The van der Waals surface area contributed by atoms with E-state index in [0.29, 0.717) is 18.1 Å². The zero-order chi connectivity index (χ0) is 18.8. The highest BCUT2D eigenvalue weighted by Crippen LogP contribution is 2.23. The number of aromatic nitrogens is 6. The minimum atomic E-state index is -0.523. The first kappa shape index (κ1) is 17.1. The highest BCUT2D eigenvalue weighted by atomic mass is 19.1. The molecule has 0 unspecified atom stereocenters. The van der Waals surface area contributed by atoms with Gasteiger partial charge in [0.2, 0.25) is 5.95 Å². The van der Waals surface area contributed by atoms with Gasteiger partial charge in [0, 0.05) is 30.8 Å². The molecule has 0 aliphatic carbocycles. The van der Waals surface area contributed by atoms with Gasteiger partial charge in [0.1, 0.15) is 17.2 Å². The number of imidazole rings is 2.